The fraction of sp³-hybridized carbons (Fsp3) is 0.316. The molecule has 0 saturated carbocycles. The second kappa shape index (κ2) is 7.68. The second-order valence-electron chi connectivity index (χ2n) is 5.53. The van der Waals surface area contributed by atoms with E-state index in [1.165, 1.54) is 0 Å². The first-order chi connectivity index (χ1) is 11.0. The van der Waals surface area contributed by atoms with Crippen molar-refractivity contribution >= 4 is 5.91 Å². The molecule has 1 N–H and O–H groups in total. The summed E-state index contributed by atoms with van der Waals surface area (Å²) in [4.78, 5) is 12.3. The van der Waals surface area contributed by atoms with E-state index in [0.29, 0.717) is 0 Å². The molecule has 2 aromatic carbocycles. The highest BCUT2D eigenvalue weighted by atomic mass is 16.5. The first-order valence-electron chi connectivity index (χ1n) is 7.68. The van der Waals surface area contributed by atoms with Gasteiger partial charge in [-0.3, -0.25) is 4.79 Å². The van der Waals surface area contributed by atoms with Crippen LogP contribution in [0.25, 0.3) is 0 Å². The van der Waals surface area contributed by atoms with Gasteiger partial charge in [-0.1, -0.05) is 30.3 Å². The second-order valence-corrected chi connectivity index (χ2v) is 5.53. The molecule has 1 amide bonds. The van der Waals surface area contributed by atoms with Crippen LogP contribution in [0.15, 0.2) is 48.5 Å². The van der Waals surface area contributed by atoms with E-state index in [-0.39, 0.29) is 11.9 Å². The van der Waals surface area contributed by atoms with Crippen molar-refractivity contribution in [1.82, 2.24) is 5.32 Å². The molecule has 0 bridgehead atoms. The summed E-state index contributed by atoms with van der Waals surface area (Å²) in [6, 6.07) is 15.2. The van der Waals surface area contributed by atoms with Gasteiger partial charge in [-0.25, -0.2) is 0 Å². The quantitative estimate of drug-likeness (QED) is 0.885. The minimum absolute atomic E-state index is 0.101. The van der Waals surface area contributed by atoms with Crippen LogP contribution in [0.4, 0.5) is 0 Å². The highest BCUT2D eigenvalue weighted by Crippen LogP contribution is 2.19. The summed E-state index contributed by atoms with van der Waals surface area (Å²) < 4.78 is 10.9. The summed E-state index contributed by atoms with van der Waals surface area (Å²) in [5, 5.41) is 2.97. The number of nitrogens with one attached hydrogen (secondary N) is 1. The largest absolute Gasteiger partial charge is 0.497 e. The molecule has 4 nitrogen and oxygen atoms in total. The Morgan fingerprint density at radius 2 is 1.70 bits per heavy atom. The standard InChI is InChI=1S/C19H23NO3/c1-13-7-5-6-8-18(13)23-15(3)19(21)20-14(2)16-9-11-17(22-4)12-10-16/h5-12,14-15H,1-4H3,(H,20,21)/t14-,15-/m1/s1. The molecule has 0 heterocycles. The summed E-state index contributed by atoms with van der Waals surface area (Å²) in [5.41, 5.74) is 2.03. The average Bonchev–Trinajstić information content (AvgIpc) is 2.56. The maximum absolute atomic E-state index is 12.3. The van der Waals surface area contributed by atoms with Gasteiger partial charge in [-0.15, -0.1) is 0 Å². The van der Waals surface area contributed by atoms with Crippen molar-refractivity contribution < 1.29 is 14.3 Å². The third-order valence-corrected chi connectivity index (χ3v) is 3.74. The van der Waals surface area contributed by atoms with Crippen molar-refractivity contribution in [2.24, 2.45) is 0 Å². The lowest BCUT2D eigenvalue weighted by molar-refractivity contribution is -0.127. The van der Waals surface area contributed by atoms with Gasteiger partial charge in [-0.2, -0.15) is 0 Å². The molecular weight excluding hydrogens is 290 g/mol. The third-order valence-electron chi connectivity index (χ3n) is 3.74. The van der Waals surface area contributed by atoms with Crippen LogP contribution in [-0.2, 0) is 4.79 Å². The van der Waals surface area contributed by atoms with Crippen molar-refractivity contribution in [1.29, 1.82) is 0 Å². The summed E-state index contributed by atoms with van der Waals surface area (Å²) in [7, 11) is 1.63. The van der Waals surface area contributed by atoms with E-state index in [4.69, 9.17) is 9.47 Å². The number of rotatable bonds is 6. The van der Waals surface area contributed by atoms with Crippen LogP contribution < -0.4 is 14.8 Å². The summed E-state index contributed by atoms with van der Waals surface area (Å²) in [6.45, 7) is 5.66. The highest BCUT2D eigenvalue weighted by Gasteiger charge is 2.18. The Balaban J connectivity index is 1.95. The Hall–Kier alpha value is -2.49. The number of hydrogen-bond acceptors (Lipinski definition) is 3. The average molecular weight is 313 g/mol. The zero-order valence-electron chi connectivity index (χ0n) is 14.0. The number of hydrogen-bond donors (Lipinski definition) is 1. The number of amides is 1. The topological polar surface area (TPSA) is 47.6 Å². The van der Waals surface area contributed by atoms with Crippen LogP contribution in [0.1, 0.15) is 31.0 Å². The van der Waals surface area contributed by atoms with Gasteiger partial charge in [0.15, 0.2) is 6.10 Å². The zero-order chi connectivity index (χ0) is 16.8. The van der Waals surface area contributed by atoms with Gasteiger partial charge in [0.25, 0.3) is 5.91 Å². The van der Waals surface area contributed by atoms with Gasteiger partial charge in [0.05, 0.1) is 13.2 Å². The molecule has 2 aromatic rings. The molecule has 0 radical (unpaired) electrons. The molecule has 0 fully saturated rings. The number of para-hydroxylation sites is 1. The minimum atomic E-state index is -0.559. The van der Waals surface area contributed by atoms with Gasteiger partial charge in [0.1, 0.15) is 11.5 Å². The lowest BCUT2D eigenvalue weighted by Crippen LogP contribution is -2.37. The fourth-order valence-electron chi connectivity index (χ4n) is 2.24. The first kappa shape index (κ1) is 16.9. The van der Waals surface area contributed by atoms with E-state index in [1.54, 1.807) is 14.0 Å². The summed E-state index contributed by atoms with van der Waals surface area (Å²) in [5.74, 6) is 1.38. The molecule has 23 heavy (non-hydrogen) atoms. The van der Waals surface area contributed by atoms with Gasteiger partial charge in [0.2, 0.25) is 0 Å². The number of methoxy groups -OCH3 is 1. The van der Waals surface area contributed by atoms with E-state index in [0.717, 1.165) is 22.6 Å². The Bertz CT molecular complexity index is 652. The van der Waals surface area contributed by atoms with E-state index < -0.39 is 6.10 Å². The Morgan fingerprint density at radius 3 is 2.30 bits per heavy atom. The van der Waals surface area contributed by atoms with Crippen molar-refractivity contribution in [2.75, 3.05) is 7.11 Å². The van der Waals surface area contributed by atoms with Crippen LogP contribution in [0, 0.1) is 6.92 Å². The van der Waals surface area contributed by atoms with Crippen LogP contribution in [0.2, 0.25) is 0 Å². The van der Waals surface area contributed by atoms with Crippen molar-refractivity contribution in [3.05, 3.63) is 59.7 Å². The maximum atomic E-state index is 12.3. The normalized spacial score (nSPS) is 13.0. The molecule has 0 saturated heterocycles. The molecule has 0 aromatic heterocycles. The van der Waals surface area contributed by atoms with Crippen LogP contribution in [0.3, 0.4) is 0 Å². The number of aryl methyl sites for hydroxylation is 1. The highest BCUT2D eigenvalue weighted by molar-refractivity contribution is 5.81. The van der Waals surface area contributed by atoms with Gasteiger partial charge < -0.3 is 14.8 Å². The van der Waals surface area contributed by atoms with Crippen molar-refractivity contribution in [3.8, 4) is 11.5 Å². The van der Waals surface area contributed by atoms with Gasteiger partial charge >= 0.3 is 0 Å². The first-order valence-corrected chi connectivity index (χ1v) is 7.68. The van der Waals surface area contributed by atoms with E-state index >= 15 is 0 Å². The lowest BCUT2D eigenvalue weighted by atomic mass is 10.1. The molecule has 2 rings (SSSR count). The Kier molecular flexibility index (Phi) is 5.63. The van der Waals surface area contributed by atoms with Gasteiger partial charge in [0, 0.05) is 0 Å². The summed E-state index contributed by atoms with van der Waals surface area (Å²) in [6.07, 6.45) is -0.559. The number of ether oxygens (including phenoxy) is 2. The molecule has 4 heteroatoms. The fourth-order valence-corrected chi connectivity index (χ4v) is 2.24. The van der Waals surface area contributed by atoms with E-state index in [2.05, 4.69) is 5.32 Å². The molecule has 2 atom stereocenters. The Morgan fingerprint density at radius 1 is 1.04 bits per heavy atom. The third kappa shape index (κ3) is 4.49. The molecule has 0 aliphatic carbocycles. The molecule has 0 unspecified atom stereocenters. The number of benzene rings is 2. The summed E-state index contributed by atoms with van der Waals surface area (Å²) >= 11 is 0. The van der Waals surface area contributed by atoms with Gasteiger partial charge in [-0.05, 0) is 50.1 Å². The molecule has 0 aliphatic heterocycles. The smallest absolute Gasteiger partial charge is 0.261 e. The van der Waals surface area contributed by atoms with Crippen LogP contribution >= 0.6 is 0 Å². The molecule has 0 aliphatic rings. The number of carbonyl (C=O) groups is 1. The zero-order valence-corrected chi connectivity index (χ0v) is 14.0. The molecule has 122 valence electrons. The number of carbonyl (C=O) groups excluding carboxylic acids is 1. The minimum Gasteiger partial charge on any atom is -0.497 e. The van der Waals surface area contributed by atoms with Crippen molar-refractivity contribution in [2.45, 2.75) is 32.9 Å². The van der Waals surface area contributed by atoms with E-state index in [1.807, 2.05) is 62.4 Å². The SMILES string of the molecule is COc1ccc([C@@H](C)NC(=O)[C@@H](C)Oc2ccccc2C)cc1. The van der Waals surface area contributed by atoms with Crippen LogP contribution in [0.5, 0.6) is 11.5 Å². The Labute approximate surface area is 137 Å². The molecular formula is C19H23NO3. The maximum Gasteiger partial charge on any atom is 0.261 e. The van der Waals surface area contributed by atoms with Crippen LogP contribution in [-0.4, -0.2) is 19.1 Å². The predicted octanol–water partition coefficient (Wildman–Crippen LogP) is 3.65. The van der Waals surface area contributed by atoms with E-state index in [9.17, 15) is 4.79 Å². The monoisotopic (exact) mass is 313 g/mol. The predicted molar refractivity (Wildman–Crippen MR) is 90.8 cm³/mol. The van der Waals surface area contributed by atoms with Crippen molar-refractivity contribution in [3.63, 3.8) is 0 Å². The lowest BCUT2D eigenvalue weighted by Gasteiger charge is -2.20. The molecule has 0 spiro atoms.